The van der Waals surface area contributed by atoms with Crippen molar-refractivity contribution in [1.29, 1.82) is 0 Å². The number of nitrogens with zero attached hydrogens (tertiary/aromatic N) is 1. The Labute approximate surface area is 100 Å². The first-order valence-corrected chi connectivity index (χ1v) is 6.01. The minimum Gasteiger partial charge on any atom is -0.381 e. The monoisotopic (exact) mass is 239 g/mol. The average molecular weight is 239 g/mol. The van der Waals surface area contributed by atoms with Crippen molar-refractivity contribution in [2.45, 2.75) is 26.2 Å². The zero-order valence-electron chi connectivity index (χ0n) is 9.98. The molecule has 2 heterocycles. The highest BCUT2D eigenvalue weighted by Crippen LogP contribution is 2.20. The Hall–Kier alpha value is -1.23. The van der Waals surface area contributed by atoms with E-state index in [2.05, 4.69) is 0 Å². The Morgan fingerprint density at radius 2 is 2.00 bits per heavy atom. The first kappa shape index (κ1) is 12.2. The quantitative estimate of drug-likeness (QED) is 0.668. The van der Waals surface area contributed by atoms with Crippen LogP contribution in [0.4, 0.5) is 0 Å². The van der Waals surface area contributed by atoms with Crippen LogP contribution in [0.15, 0.2) is 0 Å². The summed E-state index contributed by atoms with van der Waals surface area (Å²) in [5, 5.41) is 0. The molecule has 0 bridgehead atoms. The van der Waals surface area contributed by atoms with Crippen LogP contribution in [-0.4, -0.2) is 42.3 Å². The number of rotatable bonds is 3. The van der Waals surface area contributed by atoms with Crippen LogP contribution < -0.4 is 0 Å². The Balaban J connectivity index is 1.95. The molecule has 17 heavy (non-hydrogen) atoms. The van der Waals surface area contributed by atoms with Crippen molar-refractivity contribution in [2.24, 2.45) is 11.8 Å². The van der Waals surface area contributed by atoms with Crippen molar-refractivity contribution in [2.75, 3.05) is 19.8 Å². The number of ketones is 1. The fourth-order valence-corrected chi connectivity index (χ4v) is 2.28. The van der Waals surface area contributed by atoms with E-state index in [4.69, 9.17) is 4.74 Å². The van der Waals surface area contributed by atoms with E-state index in [1.807, 2.05) is 6.92 Å². The van der Waals surface area contributed by atoms with Crippen LogP contribution in [0.2, 0.25) is 0 Å². The lowest BCUT2D eigenvalue weighted by Crippen LogP contribution is -2.46. The molecule has 5 nitrogen and oxygen atoms in total. The lowest BCUT2D eigenvalue weighted by atomic mass is 9.96. The van der Waals surface area contributed by atoms with E-state index in [9.17, 15) is 14.4 Å². The third-order valence-corrected chi connectivity index (χ3v) is 3.35. The number of piperidine rings is 1. The highest BCUT2D eigenvalue weighted by molar-refractivity contribution is 6.01. The first-order chi connectivity index (χ1) is 8.08. The zero-order chi connectivity index (χ0) is 12.4. The number of hydrogen-bond acceptors (Lipinski definition) is 4. The van der Waals surface area contributed by atoms with Gasteiger partial charge in [-0.1, -0.05) is 6.92 Å². The molecule has 1 unspecified atom stereocenters. The molecule has 0 N–H and O–H groups in total. The molecule has 2 amide bonds. The Bertz CT molecular complexity index is 328. The van der Waals surface area contributed by atoms with Crippen molar-refractivity contribution in [3.8, 4) is 0 Å². The van der Waals surface area contributed by atoms with E-state index in [1.165, 1.54) is 0 Å². The molecule has 0 saturated carbocycles. The molecule has 2 aliphatic rings. The second-order valence-electron chi connectivity index (χ2n) is 4.91. The van der Waals surface area contributed by atoms with Crippen LogP contribution in [0.1, 0.15) is 26.2 Å². The summed E-state index contributed by atoms with van der Waals surface area (Å²) in [6.07, 6.45) is 1.42. The van der Waals surface area contributed by atoms with E-state index >= 15 is 0 Å². The molecule has 2 aliphatic heterocycles. The van der Waals surface area contributed by atoms with Gasteiger partial charge in [0.2, 0.25) is 11.8 Å². The lowest BCUT2D eigenvalue weighted by Gasteiger charge is -2.28. The molecule has 94 valence electrons. The van der Waals surface area contributed by atoms with Gasteiger partial charge in [0.15, 0.2) is 5.78 Å². The molecule has 0 aliphatic carbocycles. The predicted octanol–water partition coefficient (Wildman–Crippen LogP) is 0.377. The number of ether oxygens (including phenoxy) is 1. The molecule has 2 saturated heterocycles. The Kier molecular flexibility index (Phi) is 3.57. The van der Waals surface area contributed by atoms with Crippen LogP contribution in [0.5, 0.6) is 0 Å². The maximum Gasteiger partial charge on any atom is 0.229 e. The minimum atomic E-state index is -0.221. The van der Waals surface area contributed by atoms with Crippen molar-refractivity contribution in [3.63, 3.8) is 0 Å². The fraction of sp³-hybridized carbons (Fsp3) is 0.750. The van der Waals surface area contributed by atoms with Gasteiger partial charge in [0.25, 0.3) is 0 Å². The van der Waals surface area contributed by atoms with Crippen molar-refractivity contribution in [3.05, 3.63) is 0 Å². The van der Waals surface area contributed by atoms with Gasteiger partial charge in [-0.05, 0) is 12.3 Å². The predicted molar refractivity (Wildman–Crippen MR) is 59.1 cm³/mol. The Morgan fingerprint density at radius 1 is 1.35 bits per heavy atom. The molecule has 1 atom stereocenters. The number of carbonyl (C=O) groups excluding carboxylic acids is 3. The lowest BCUT2D eigenvalue weighted by molar-refractivity contribution is -0.152. The van der Waals surface area contributed by atoms with Crippen molar-refractivity contribution in [1.82, 2.24) is 4.90 Å². The SMILES string of the molecule is CC1CC(=O)N(CC(=O)C2CCOC2)C(=O)C1. The highest BCUT2D eigenvalue weighted by Gasteiger charge is 2.33. The number of Topliss-reactive ketones (excluding diaryl/α,β-unsaturated/α-hetero) is 1. The molecular weight excluding hydrogens is 222 g/mol. The third kappa shape index (κ3) is 2.72. The van der Waals surface area contributed by atoms with Crippen molar-refractivity contribution >= 4 is 17.6 Å². The van der Waals surface area contributed by atoms with Gasteiger partial charge in [0.05, 0.1) is 13.2 Å². The van der Waals surface area contributed by atoms with E-state index in [0.717, 1.165) is 4.90 Å². The first-order valence-electron chi connectivity index (χ1n) is 6.01. The van der Waals surface area contributed by atoms with Gasteiger partial charge in [0, 0.05) is 25.4 Å². The van der Waals surface area contributed by atoms with Crippen molar-refractivity contribution < 1.29 is 19.1 Å². The van der Waals surface area contributed by atoms with E-state index in [1.54, 1.807) is 0 Å². The number of hydrogen-bond donors (Lipinski definition) is 0. The summed E-state index contributed by atoms with van der Waals surface area (Å²) in [7, 11) is 0. The zero-order valence-corrected chi connectivity index (χ0v) is 9.98. The molecule has 0 aromatic rings. The summed E-state index contributed by atoms with van der Waals surface area (Å²) in [4.78, 5) is 36.3. The summed E-state index contributed by atoms with van der Waals surface area (Å²) >= 11 is 0. The maximum absolute atomic E-state index is 11.9. The molecular formula is C12H17NO4. The molecule has 5 heteroatoms. The third-order valence-electron chi connectivity index (χ3n) is 3.35. The minimum absolute atomic E-state index is 0.0567. The van der Waals surface area contributed by atoms with Gasteiger partial charge in [-0.15, -0.1) is 0 Å². The smallest absolute Gasteiger partial charge is 0.229 e. The van der Waals surface area contributed by atoms with Gasteiger partial charge in [-0.3, -0.25) is 19.3 Å². The normalized spacial score (nSPS) is 26.6. The van der Waals surface area contributed by atoms with Crippen LogP contribution >= 0.6 is 0 Å². The van der Waals surface area contributed by atoms with Gasteiger partial charge in [-0.2, -0.15) is 0 Å². The van der Waals surface area contributed by atoms with E-state index in [-0.39, 0.29) is 36.0 Å². The largest absolute Gasteiger partial charge is 0.381 e. The van der Waals surface area contributed by atoms with Gasteiger partial charge in [-0.25, -0.2) is 0 Å². The molecule has 2 rings (SSSR count). The number of carbonyl (C=O) groups is 3. The Morgan fingerprint density at radius 3 is 2.53 bits per heavy atom. The average Bonchev–Trinajstić information content (AvgIpc) is 2.76. The number of imide groups is 1. The second kappa shape index (κ2) is 4.96. The van der Waals surface area contributed by atoms with Gasteiger partial charge < -0.3 is 4.74 Å². The molecule has 0 aromatic carbocycles. The topological polar surface area (TPSA) is 63.7 Å². The van der Waals surface area contributed by atoms with Crippen LogP contribution in [-0.2, 0) is 19.1 Å². The summed E-state index contributed by atoms with van der Waals surface area (Å²) in [5.41, 5.74) is 0. The number of amides is 2. The fourth-order valence-electron chi connectivity index (χ4n) is 2.28. The van der Waals surface area contributed by atoms with Crippen LogP contribution in [0, 0.1) is 11.8 Å². The molecule has 0 aromatic heterocycles. The highest BCUT2D eigenvalue weighted by atomic mass is 16.5. The summed E-state index contributed by atoms with van der Waals surface area (Å²) < 4.78 is 5.13. The summed E-state index contributed by atoms with van der Waals surface area (Å²) in [5.74, 6) is -0.549. The van der Waals surface area contributed by atoms with Gasteiger partial charge in [0.1, 0.15) is 0 Å². The van der Waals surface area contributed by atoms with E-state index < -0.39 is 0 Å². The van der Waals surface area contributed by atoms with E-state index in [0.29, 0.717) is 32.5 Å². The van der Waals surface area contributed by atoms with Gasteiger partial charge >= 0.3 is 0 Å². The number of likely N-dealkylation sites (tertiary alicyclic amines) is 1. The molecule has 2 fully saturated rings. The molecule has 0 spiro atoms. The maximum atomic E-state index is 11.9. The summed E-state index contributed by atoms with van der Waals surface area (Å²) in [6, 6.07) is 0. The summed E-state index contributed by atoms with van der Waals surface area (Å²) in [6.45, 7) is 2.82. The second-order valence-corrected chi connectivity index (χ2v) is 4.91. The van der Waals surface area contributed by atoms with Crippen LogP contribution in [0.25, 0.3) is 0 Å². The standard InChI is InChI=1S/C12H17NO4/c1-8-4-11(15)13(12(16)5-8)6-10(14)9-2-3-17-7-9/h8-9H,2-7H2,1H3. The molecule has 0 radical (unpaired) electrons. The van der Waals surface area contributed by atoms with Crippen LogP contribution in [0.3, 0.4) is 0 Å².